The molecule has 0 aliphatic carbocycles. The van der Waals surface area contributed by atoms with Gasteiger partial charge in [-0.25, -0.2) is 4.79 Å². The van der Waals surface area contributed by atoms with Crippen LogP contribution in [-0.4, -0.2) is 47.3 Å². The molecule has 3 rings (SSSR count). The Labute approximate surface area is 170 Å². The minimum atomic E-state index is -4.36. The van der Waals surface area contributed by atoms with Gasteiger partial charge in [0.2, 0.25) is 0 Å². The summed E-state index contributed by atoms with van der Waals surface area (Å²) in [4.78, 5) is 14.3. The molecule has 0 radical (unpaired) electrons. The van der Waals surface area contributed by atoms with E-state index in [9.17, 15) is 23.1 Å². The largest absolute Gasteiger partial charge is 0.446 e. The number of urea groups is 1. The average molecular weight is 426 g/mol. The van der Waals surface area contributed by atoms with Crippen molar-refractivity contribution < 1.29 is 27.8 Å². The molecule has 0 unspecified atom stereocenters. The van der Waals surface area contributed by atoms with Gasteiger partial charge in [0.15, 0.2) is 0 Å². The summed E-state index contributed by atoms with van der Waals surface area (Å²) in [6.45, 7) is 1.05. The lowest BCUT2D eigenvalue weighted by Crippen LogP contribution is -2.50. The molecule has 5 nitrogen and oxygen atoms in total. The second-order valence-electron chi connectivity index (χ2n) is 6.59. The number of nitrogens with zero attached hydrogens (tertiary/aromatic N) is 1. The van der Waals surface area contributed by atoms with Gasteiger partial charge in [-0.2, -0.15) is 13.2 Å². The molecule has 0 saturated carbocycles. The minimum absolute atomic E-state index is 0.0470. The van der Waals surface area contributed by atoms with E-state index in [2.05, 4.69) is 5.32 Å². The molecule has 29 heavy (non-hydrogen) atoms. The summed E-state index contributed by atoms with van der Waals surface area (Å²) >= 11 is -0.206. The van der Waals surface area contributed by atoms with Crippen molar-refractivity contribution in [1.29, 1.82) is 0 Å². The third-order valence-electron chi connectivity index (χ3n) is 4.51. The van der Waals surface area contributed by atoms with Crippen LogP contribution in [0.2, 0.25) is 0 Å². The topological polar surface area (TPSA) is 61.8 Å². The summed E-state index contributed by atoms with van der Waals surface area (Å²) in [6.07, 6.45) is -0.421. The number of carbonyl (C=O) groups excluding carboxylic acids is 1. The highest BCUT2D eigenvalue weighted by atomic mass is 32.2. The number of ether oxygens (including phenoxy) is 1. The van der Waals surface area contributed by atoms with Gasteiger partial charge < -0.3 is 20.1 Å². The first kappa shape index (κ1) is 21.5. The highest BCUT2D eigenvalue weighted by Crippen LogP contribution is 2.37. The van der Waals surface area contributed by atoms with Crippen molar-refractivity contribution in [3.8, 4) is 0 Å². The maximum Gasteiger partial charge on any atom is 0.446 e. The van der Waals surface area contributed by atoms with Crippen LogP contribution >= 0.6 is 11.8 Å². The zero-order valence-corrected chi connectivity index (χ0v) is 16.2. The molecule has 2 aromatic rings. The number of alkyl halides is 3. The normalized spacial score (nSPS) is 18.3. The van der Waals surface area contributed by atoms with Crippen molar-refractivity contribution in [2.75, 3.05) is 25.1 Å². The third kappa shape index (κ3) is 6.38. The number of anilines is 1. The lowest BCUT2D eigenvalue weighted by Gasteiger charge is -2.36. The van der Waals surface area contributed by atoms with Crippen LogP contribution in [0.5, 0.6) is 0 Å². The number of hydrogen-bond donors (Lipinski definition) is 2. The number of morpholine rings is 1. The van der Waals surface area contributed by atoms with Crippen molar-refractivity contribution >= 4 is 23.5 Å². The Bertz CT molecular complexity index is 803. The fourth-order valence-electron chi connectivity index (χ4n) is 3.12. The van der Waals surface area contributed by atoms with Crippen molar-refractivity contribution in [3.63, 3.8) is 0 Å². The van der Waals surface area contributed by atoms with Crippen LogP contribution in [0.15, 0.2) is 59.5 Å². The predicted octanol–water partition coefficient (Wildman–Crippen LogP) is 4.65. The molecule has 1 aliphatic rings. The second kappa shape index (κ2) is 9.51. The Morgan fingerprint density at radius 2 is 1.90 bits per heavy atom. The second-order valence-corrected chi connectivity index (χ2v) is 7.73. The van der Waals surface area contributed by atoms with Crippen LogP contribution in [0.4, 0.5) is 23.7 Å². The molecule has 9 heteroatoms. The summed E-state index contributed by atoms with van der Waals surface area (Å²) < 4.78 is 42.7. The average Bonchev–Trinajstić information content (AvgIpc) is 2.69. The van der Waals surface area contributed by atoms with Crippen LogP contribution < -0.4 is 5.32 Å². The smallest absolute Gasteiger partial charge is 0.388 e. The SMILES string of the molecule is O=C(Nc1ccc(SC(F)(F)F)cc1)N1CCOC[C@H]1C[C@@H](O)c1ccccc1. The van der Waals surface area contributed by atoms with Crippen LogP contribution in [0.3, 0.4) is 0 Å². The number of thioether (sulfide) groups is 1. The molecule has 0 spiro atoms. The zero-order chi connectivity index (χ0) is 20.9. The number of aliphatic hydroxyl groups is 1. The zero-order valence-electron chi connectivity index (χ0n) is 15.4. The Morgan fingerprint density at radius 3 is 2.55 bits per heavy atom. The van der Waals surface area contributed by atoms with E-state index in [0.29, 0.717) is 31.9 Å². The number of hydrogen-bond acceptors (Lipinski definition) is 4. The molecule has 0 bridgehead atoms. The quantitative estimate of drug-likeness (QED) is 0.683. The Kier molecular flexibility index (Phi) is 7.05. The number of amides is 2. The molecule has 0 aromatic heterocycles. The molecular formula is C20H21F3N2O3S. The van der Waals surface area contributed by atoms with Gasteiger partial charge in [0.05, 0.1) is 25.4 Å². The molecule has 2 aromatic carbocycles. The van der Waals surface area contributed by atoms with E-state index >= 15 is 0 Å². The molecule has 1 saturated heterocycles. The Morgan fingerprint density at radius 1 is 1.21 bits per heavy atom. The number of rotatable bonds is 5. The monoisotopic (exact) mass is 426 g/mol. The van der Waals surface area contributed by atoms with Gasteiger partial charge in [0.25, 0.3) is 0 Å². The fourth-order valence-corrected chi connectivity index (χ4v) is 3.66. The van der Waals surface area contributed by atoms with Crippen LogP contribution in [0.25, 0.3) is 0 Å². The molecule has 2 N–H and O–H groups in total. The van der Waals surface area contributed by atoms with Crippen molar-refractivity contribution in [2.24, 2.45) is 0 Å². The van der Waals surface area contributed by atoms with E-state index in [1.165, 1.54) is 24.3 Å². The van der Waals surface area contributed by atoms with E-state index in [-0.39, 0.29) is 28.7 Å². The highest BCUT2D eigenvalue weighted by molar-refractivity contribution is 8.00. The number of aliphatic hydroxyl groups excluding tert-OH is 1. The van der Waals surface area contributed by atoms with Gasteiger partial charge in [-0.3, -0.25) is 0 Å². The summed E-state index contributed by atoms with van der Waals surface area (Å²) in [5, 5.41) is 13.2. The lowest BCUT2D eigenvalue weighted by atomic mass is 10.0. The number of halogens is 3. The van der Waals surface area contributed by atoms with E-state index in [0.717, 1.165) is 5.56 Å². The van der Waals surface area contributed by atoms with Crippen LogP contribution in [-0.2, 0) is 4.74 Å². The molecule has 1 fully saturated rings. The molecule has 2 amide bonds. The molecule has 1 heterocycles. The Balaban J connectivity index is 1.62. The summed E-state index contributed by atoms with van der Waals surface area (Å²) in [5.74, 6) is 0. The first-order valence-corrected chi connectivity index (χ1v) is 9.87. The summed E-state index contributed by atoms with van der Waals surface area (Å²) in [5.41, 5.74) is -3.20. The van der Waals surface area contributed by atoms with Crippen molar-refractivity contribution in [2.45, 2.75) is 29.0 Å². The van der Waals surface area contributed by atoms with Gasteiger partial charge in [-0.1, -0.05) is 30.3 Å². The van der Waals surface area contributed by atoms with Crippen LogP contribution in [0.1, 0.15) is 18.1 Å². The highest BCUT2D eigenvalue weighted by Gasteiger charge is 2.30. The number of nitrogens with one attached hydrogen (secondary N) is 1. The lowest BCUT2D eigenvalue weighted by molar-refractivity contribution is -0.0328. The molecular weight excluding hydrogens is 405 g/mol. The van der Waals surface area contributed by atoms with E-state index in [1.807, 2.05) is 30.3 Å². The van der Waals surface area contributed by atoms with E-state index in [1.54, 1.807) is 4.90 Å². The maximum absolute atomic E-state index is 12.7. The van der Waals surface area contributed by atoms with Gasteiger partial charge in [-0.05, 0) is 41.6 Å². The first-order chi connectivity index (χ1) is 13.8. The number of benzene rings is 2. The summed E-state index contributed by atoms with van der Waals surface area (Å²) in [7, 11) is 0. The van der Waals surface area contributed by atoms with Gasteiger partial charge in [-0.15, -0.1) is 0 Å². The molecule has 156 valence electrons. The third-order valence-corrected chi connectivity index (χ3v) is 5.25. The van der Waals surface area contributed by atoms with Gasteiger partial charge in [0.1, 0.15) is 0 Å². The Hall–Kier alpha value is -2.23. The first-order valence-electron chi connectivity index (χ1n) is 9.06. The summed E-state index contributed by atoms with van der Waals surface area (Å²) in [6, 6.07) is 13.9. The van der Waals surface area contributed by atoms with Crippen molar-refractivity contribution in [3.05, 3.63) is 60.2 Å². The van der Waals surface area contributed by atoms with E-state index < -0.39 is 11.6 Å². The van der Waals surface area contributed by atoms with Crippen molar-refractivity contribution in [1.82, 2.24) is 4.90 Å². The standard InChI is InChI=1S/C20H21F3N2O3S/c21-20(22,23)29-17-8-6-15(7-9-17)24-19(27)25-10-11-28-13-16(25)12-18(26)14-4-2-1-3-5-14/h1-9,16,18,26H,10-13H2,(H,24,27)/t16-,18-/m1/s1. The fraction of sp³-hybridized carbons (Fsp3) is 0.350. The number of carbonyl (C=O) groups is 1. The maximum atomic E-state index is 12.7. The van der Waals surface area contributed by atoms with E-state index in [4.69, 9.17) is 4.74 Å². The van der Waals surface area contributed by atoms with Crippen LogP contribution in [0, 0.1) is 0 Å². The van der Waals surface area contributed by atoms with Gasteiger partial charge >= 0.3 is 11.5 Å². The minimum Gasteiger partial charge on any atom is -0.388 e. The molecule has 1 aliphatic heterocycles. The van der Waals surface area contributed by atoms with Gasteiger partial charge in [0, 0.05) is 23.5 Å². The molecule has 2 atom stereocenters. The predicted molar refractivity (Wildman–Crippen MR) is 105 cm³/mol.